The first-order valence-corrected chi connectivity index (χ1v) is 10.8. The molecule has 1 unspecified atom stereocenters. The van der Waals surface area contributed by atoms with E-state index in [1.807, 2.05) is 35.2 Å². The Morgan fingerprint density at radius 3 is 2.33 bits per heavy atom. The van der Waals surface area contributed by atoms with Crippen LogP contribution in [0.15, 0.2) is 54.6 Å². The van der Waals surface area contributed by atoms with Gasteiger partial charge in [0.15, 0.2) is 5.41 Å². The molecule has 0 saturated carbocycles. The molecule has 0 radical (unpaired) electrons. The summed E-state index contributed by atoms with van der Waals surface area (Å²) in [7, 11) is 0. The molecule has 0 aliphatic carbocycles. The van der Waals surface area contributed by atoms with Crippen molar-refractivity contribution < 1.29 is 22.9 Å². The third-order valence-electron chi connectivity index (χ3n) is 6.52. The fourth-order valence-corrected chi connectivity index (χ4v) is 4.67. The van der Waals surface area contributed by atoms with Gasteiger partial charge in [-0.15, -0.1) is 0 Å². The molecule has 2 aliphatic heterocycles. The summed E-state index contributed by atoms with van der Waals surface area (Å²) in [5.41, 5.74) is -0.924. The normalized spacial score (nSPS) is 21.9. The number of alkyl halides is 3. The van der Waals surface area contributed by atoms with Crippen LogP contribution in [0.25, 0.3) is 0 Å². The number of hydrogen-bond donors (Lipinski definition) is 0. The molecule has 2 fully saturated rings. The fraction of sp³-hybridized carbons (Fsp3) is 0.435. The van der Waals surface area contributed by atoms with Crippen molar-refractivity contribution in [2.75, 3.05) is 44.2 Å². The Hall–Kier alpha value is -3.14. The van der Waals surface area contributed by atoms with E-state index in [0.29, 0.717) is 25.3 Å². The highest BCUT2D eigenvalue weighted by Crippen LogP contribution is 2.47. The number of halogens is 3. The first-order chi connectivity index (χ1) is 15.7. The molecule has 1 amide bonds. The number of carbonyl (C=O) groups is 1. The van der Waals surface area contributed by atoms with E-state index in [2.05, 4.69) is 0 Å². The van der Waals surface area contributed by atoms with Crippen molar-refractivity contribution >= 4 is 17.3 Å². The SMILES string of the molecule is O=C(N1CCN(c2cccc([N+](=O)[O-])c2)CC1)C1(C(F)(F)F)CCN(Cc2ccccc2)C1. The number of piperazine rings is 1. The summed E-state index contributed by atoms with van der Waals surface area (Å²) in [6.07, 6.45) is -4.90. The van der Waals surface area contributed by atoms with Crippen LogP contribution in [0.4, 0.5) is 24.5 Å². The molecule has 0 N–H and O–H groups in total. The molecular formula is C23H25F3N4O3. The summed E-state index contributed by atoms with van der Waals surface area (Å²) in [6, 6.07) is 15.4. The molecule has 176 valence electrons. The van der Waals surface area contributed by atoms with Crippen LogP contribution in [0, 0.1) is 15.5 Å². The van der Waals surface area contributed by atoms with Crippen LogP contribution in [0.3, 0.4) is 0 Å². The van der Waals surface area contributed by atoms with Crippen molar-refractivity contribution in [3.05, 3.63) is 70.3 Å². The third kappa shape index (κ3) is 4.66. The number of carbonyl (C=O) groups excluding carboxylic acids is 1. The maximum absolute atomic E-state index is 14.2. The van der Waals surface area contributed by atoms with Gasteiger partial charge < -0.3 is 9.80 Å². The van der Waals surface area contributed by atoms with E-state index in [4.69, 9.17) is 0 Å². The van der Waals surface area contributed by atoms with E-state index in [-0.39, 0.29) is 38.3 Å². The summed E-state index contributed by atoms with van der Waals surface area (Å²) in [5.74, 6) is -0.871. The Bertz CT molecular complexity index is 1010. The Morgan fingerprint density at radius 1 is 1.00 bits per heavy atom. The van der Waals surface area contributed by atoms with Crippen LogP contribution < -0.4 is 4.90 Å². The molecular weight excluding hydrogens is 437 g/mol. The van der Waals surface area contributed by atoms with Gasteiger partial charge in [0.25, 0.3) is 5.69 Å². The average molecular weight is 462 g/mol. The van der Waals surface area contributed by atoms with Crippen molar-refractivity contribution in [2.45, 2.75) is 19.1 Å². The standard InChI is InChI=1S/C23H25F3N4O3/c24-23(25,26)22(9-10-27(17-22)16-18-5-2-1-3-6-18)21(31)29-13-11-28(12-14-29)19-7-4-8-20(15-19)30(32)33/h1-8,15H,9-14,16-17H2. The zero-order valence-corrected chi connectivity index (χ0v) is 18.0. The Kier molecular flexibility index (Phi) is 6.29. The molecule has 2 saturated heterocycles. The number of anilines is 1. The second-order valence-corrected chi connectivity index (χ2v) is 8.58. The van der Waals surface area contributed by atoms with E-state index in [1.54, 1.807) is 17.0 Å². The van der Waals surface area contributed by atoms with Gasteiger partial charge in [-0.3, -0.25) is 19.8 Å². The van der Waals surface area contributed by atoms with Gasteiger partial charge in [-0.2, -0.15) is 13.2 Å². The number of nitro groups is 1. The first-order valence-electron chi connectivity index (χ1n) is 10.8. The number of nitro benzene ring substituents is 1. The number of rotatable bonds is 5. The van der Waals surface area contributed by atoms with E-state index < -0.39 is 22.4 Å². The molecule has 0 spiro atoms. The zero-order chi connectivity index (χ0) is 23.6. The Morgan fingerprint density at radius 2 is 1.70 bits per heavy atom. The van der Waals surface area contributed by atoms with Crippen molar-refractivity contribution in [3.8, 4) is 0 Å². The van der Waals surface area contributed by atoms with Gasteiger partial charge in [-0.25, -0.2) is 0 Å². The Balaban J connectivity index is 1.44. The fourth-order valence-electron chi connectivity index (χ4n) is 4.67. The van der Waals surface area contributed by atoms with Gasteiger partial charge in [-0.1, -0.05) is 36.4 Å². The molecule has 10 heteroatoms. The summed E-state index contributed by atoms with van der Waals surface area (Å²) in [6.45, 7) is 1.12. The van der Waals surface area contributed by atoms with Crippen molar-refractivity contribution in [1.29, 1.82) is 0 Å². The highest BCUT2D eigenvalue weighted by molar-refractivity contribution is 5.84. The number of nitrogens with zero attached hydrogens (tertiary/aromatic N) is 4. The predicted octanol–water partition coefficient (Wildman–Crippen LogP) is 3.70. The number of likely N-dealkylation sites (tertiary alicyclic amines) is 1. The maximum atomic E-state index is 14.2. The lowest BCUT2D eigenvalue weighted by Crippen LogP contribution is -2.58. The number of hydrogen-bond acceptors (Lipinski definition) is 5. The second kappa shape index (κ2) is 9.01. The lowest BCUT2D eigenvalue weighted by atomic mass is 9.84. The molecule has 7 nitrogen and oxygen atoms in total. The molecule has 2 aromatic carbocycles. The van der Waals surface area contributed by atoms with E-state index in [0.717, 1.165) is 5.56 Å². The zero-order valence-electron chi connectivity index (χ0n) is 18.0. The third-order valence-corrected chi connectivity index (χ3v) is 6.52. The van der Waals surface area contributed by atoms with Crippen LogP contribution in [0.5, 0.6) is 0 Å². The lowest BCUT2D eigenvalue weighted by molar-refractivity contribution is -0.384. The van der Waals surface area contributed by atoms with E-state index in [9.17, 15) is 28.1 Å². The quantitative estimate of drug-likeness (QED) is 0.501. The summed E-state index contributed by atoms with van der Waals surface area (Å²) in [4.78, 5) is 28.6. The van der Waals surface area contributed by atoms with Crippen LogP contribution in [0.2, 0.25) is 0 Å². The minimum atomic E-state index is -4.65. The number of non-ortho nitro benzene ring substituents is 1. The molecule has 1 atom stereocenters. The minimum Gasteiger partial charge on any atom is -0.368 e. The molecule has 0 bridgehead atoms. The van der Waals surface area contributed by atoms with Gasteiger partial charge in [0.2, 0.25) is 5.91 Å². The largest absolute Gasteiger partial charge is 0.404 e. The van der Waals surface area contributed by atoms with E-state index in [1.165, 1.54) is 17.0 Å². The monoisotopic (exact) mass is 462 g/mol. The van der Waals surface area contributed by atoms with Crippen molar-refractivity contribution in [1.82, 2.24) is 9.80 Å². The Labute approximate surface area is 189 Å². The highest BCUT2D eigenvalue weighted by Gasteiger charge is 2.64. The minimum absolute atomic E-state index is 0.0495. The van der Waals surface area contributed by atoms with Crippen molar-refractivity contribution in [2.24, 2.45) is 5.41 Å². The van der Waals surface area contributed by atoms with Gasteiger partial charge in [-0.05, 0) is 24.6 Å². The van der Waals surface area contributed by atoms with Crippen LogP contribution in [-0.4, -0.2) is 66.1 Å². The molecule has 4 rings (SSSR count). The maximum Gasteiger partial charge on any atom is 0.404 e. The smallest absolute Gasteiger partial charge is 0.368 e. The van der Waals surface area contributed by atoms with Gasteiger partial charge >= 0.3 is 6.18 Å². The van der Waals surface area contributed by atoms with E-state index >= 15 is 0 Å². The highest BCUT2D eigenvalue weighted by atomic mass is 19.4. The second-order valence-electron chi connectivity index (χ2n) is 8.58. The molecule has 2 aromatic rings. The molecule has 2 aliphatic rings. The van der Waals surface area contributed by atoms with Crippen LogP contribution >= 0.6 is 0 Å². The molecule has 0 aromatic heterocycles. The lowest BCUT2D eigenvalue weighted by Gasteiger charge is -2.41. The van der Waals surface area contributed by atoms with Crippen LogP contribution in [0.1, 0.15) is 12.0 Å². The summed E-state index contributed by atoms with van der Waals surface area (Å²) in [5, 5.41) is 11.0. The van der Waals surface area contributed by atoms with Gasteiger partial charge in [0.05, 0.1) is 4.92 Å². The van der Waals surface area contributed by atoms with Gasteiger partial charge in [0.1, 0.15) is 0 Å². The number of amides is 1. The van der Waals surface area contributed by atoms with Crippen LogP contribution in [-0.2, 0) is 11.3 Å². The molecule has 33 heavy (non-hydrogen) atoms. The summed E-state index contributed by atoms with van der Waals surface area (Å²) < 4.78 is 42.7. The van der Waals surface area contributed by atoms with Gasteiger partial charge in [0, 0.05) is 57.1 Å². The predicted molar refractivity (Wildman–Crippen MR) is 117 cm³/mol. The molecule has 2 heterocycles. The topological polar surface area (TPSA) is 69.9 Å². The number of benzene rings is 2. The van der Waals surface area contributed by atoms with Crippen molar-refractivity contribution in [3.63, 3.8) is 0 Å². The first kappa shape index (κ1) is 23.0. The average Bonchev–Trinajstić information content (AvgIpc) is 3.25. The summed E-state index contributed by atoms with van der Waals surface area (Å²) >= 11 is 0.